The molecule has 0 nitrogen and oxygen atoms in total. The summed E-state index contributed by atoms with van der Waals surface area (Å²) in [6.45, 7) is 16.7. The highest BCUT2D eigenvalue weighted by Crippen LogP contribution is 2.52. The maximum Gasteiger partial charge on any atom is 0.0159 e. The van der Waals surface area contributed by atoms with Crippen molar-refractivity contribution in [2.75, 3.05) is 0 Å². The van der Waals surface area contributed by atoms with Gasteiger partial charge in [-0.3, -0.25) is 0 Å². The first-order chi connectivity index (χ1) is 14.2. The van der Waals surface area contributed by atoms with E-state index in [0.29, 0.717) is 0 Å². The molecule has 0 saturated carbocycles. The maximum atomic E-state index is 2.34. The summed E-state index contributed by atoms with van der Waals surface area (Å²) >= 11 is 0. The molecule has 0 heterocycles. The smallest absolute Gasteiger partial charge is 0.0159 e. The van der Waals surface area contributed by atoms with E-state index in [1.807, 2.05) is 41.5 Å². The van der Waals surface area contributed by atoms with Crippen LogP contribution in [0.15, 0.2) is 72.8 Å². The second kappa shape index (κ2) is 9.74. The summed E-state index contributed by atoms with van der Waals surface area (Å²) in [5, 5.41) is 5.40. The van der Waals surface area contributed by atoms with Crippen LogP contribution < -0.4 is 0 Å². The van der Waals surface area contributed by atoms with Gasteiger partial charge in [-0.2, -0.15) is 0 Å². The third kappa shape index (κ3) is 3.69. The predicted molar refractivity (Wildman–Crippen MR) is 133 cm³/mol. The van der Waals surface area contributed by atoms with Crippen molar-refractivity contribution in [1.29, 1.82) is 0 Å². The molecule has 0 atom stereocenters. The normalized spacial score (nSPS) is 12.4. The lowest BCUT2D eigenvalue weighted by atomic mass is 9.82. The molecular formula is C29H36. The average molecular weight is 385 g/mol. The Kier molecular flexibility index (Phi) is 7.62. The zero-order valence-corrected chi connectivity index (χ0v) is 19.4. The average Bonchev–Trinajstić information content (AvgIpc) is 3.05. The van der Waals surface area contributed by atoms with Crippen LogP contribution in [0.5, 0.6) is 0 Å². The number of benzene rings is 4. The molecule has 0 bridgehead atoms. The lowest BCUT2D eigenvalue weighted by Gasteiger charge is -2.21. The summed E-state index contributed by atoms with van der Waals surface area (Å²) < 4.78 is 0. The molecule has 0 aromatic heterocycles. The summed E-state index contributed by atoms with van der Waals surface area (Å²) in [4.78, 5) is 0. The molecule has 0 radical (unpaired) electrons. The Hall–Kier alpha value is -2.60. The molecular weight excluding hydrogens is 348 g/mol. The van der Waals surface area contributed by atoms with Crippen molar-refractivity contribution >= 4 is 21.5 Å². The topological polar surface area (TPSA) is 0 Å². The lowest BCUT2D eigenvalue weighted by molar-refractivity contribution is 0.661. The fourth-order valence-corrected chi connectivity index (χ4v) is 4.29. The third-order valence-electron chi connectivity index (χ3n) is 5.45. The van der Waals surface area contributed by atoms with E-state index in [4.69, 9.17) is 0 Å². The molecule has 29 heavy (non-hydrogen) atoms. The number of hydrogen-bond acceptors (Lipinski definition) is 0. The highest BCUT2D eigenvalue weighted by atomic mass is 14.4. The van der Waals surface area contributed by atoms with Gasteiger partial charge in [-0.1, -0.05) is 128 Å². The molecule has 1 aliphatic rings. The highest BCUT2D eigenvalue weighted by molar-refractivity contribution is 6.16. The van der Waals surface area contributed by atoms with E-state index in [0.717, 1.165) is 0 Å². The van der Waals surface area contributed by atoms with Crippen molar-refractivity contribution in [3.8, 4) is 11.1 Å². The Bertz CT molecular complexity index is 1080. The zero-order valence-electron chi connectivity index (χ0n) is 19.4. The Balaban J connectivity index is 0.000000461. The van der Waals surface area contributed by atoms with Gasteiger partial charge in [0.2, 0.25) is 0 Å². The third-order valence-corrected chi connectivity index (χ3v) is 5.45. The van der Waals surface area contributed by atoms with Crippen LogP contribution in [0.25, 0.3) is 32.7 Å². The number of hydrogen-bond donors (Lipinski definition) is 0. The van der Waals surface area contributed by atoms with Gasteiger partial charge in [0.15, 0.2) is 0 Å². The minimum Gasteiger partial charge on any atom is -0.0683 e. The summed E-state index contributed by atoms with van der Waals surface area (Å²) in [5.41, 5.74) is 5.78. The van der Waals surface area contributed by atoms with Crippen LogP contribution in [0.2, 0.25) is 0 Å². The van der Waals surface area contributed by atoms with Crippen LogP contribution in [-0.4, -0.2) is 0 Å². The van der Waals surface area contributed by atoms with Crippen LogP contribution in [0.1, 0.15) is 66.5 Å². The second-order valence-corrected chi connectivity index (χ2v) is 7.04. The molecule has 4 aromatic rings. The van der Waals surface area contributed by atoms with Gasteiger partial charge in [0, 0.05) is 5.41 Å². The van der Waals surface area contributed by atoms with Crippen LogP contribution >= 0.6 is 0 Å². The van der Waals surface area contributed by atoms with Gasteiger partial charge in [0.25, 0.3) is 0 Å². The van der Waals surface area contributed by atoms with E-state index in [2.05, 4.69) is 86.6 Å². The molecule has 1 aliphatic carbocycles. The van der Waals surface area contributed by atoms with E-state index in [-0.39, 0.29) is 5.41 Å². The minimum absolute atomic E-state index is 0.0665. The molecule has 0 aliphatic heterocycles. The molecule has 0 heteroatoms. The molecule has 0 fully saturated rings. The van der Waals surface area contributed by atoms with Crippen LogP contribution in [0, 0.1) is 0 Å². The maximum absolute atomic E-state index is 2.34. The lowest BCUT2D eigenvalue weighted by Crippen LogP contribution is -2.14. The van der Waals surface area contributed by atoms with Crippen molar-refractivity contribution < 1.29 is 0 Å². The first kappa shape index (κ1) is 22.7. The van der Waals surface area contributed by atoms with Gasteiger partial charge >= 0.3 is 0 Å². The molecule has 5 rings (SSSR count). The van der Waals surface area contributed by atoms with Crippen molar-refractivity contribution in [3.63, 3.8) is 0 Å². The van der Waals surface area contributed by atoms with Gasteiger partial charge in [-0.15, -0.1) is 0 Å². The molecule has 0 spiro atoms. The molecule has 0 unspecified atom stereocenters. The number of rotatable bonds is 0. The first-order valence-corrected chi connectivity index (χ1v) is 11.2. The molecule has 0 amide bonds. The van der Waals surface area contributed by atoms with Gasteiger partial charge in [0.05, 0.1) is 0 Å². The molecule has 152 valence electrons. The molecule has 0 saturated heterocycles. The molecule has 0 N–H and O–H groups in total. The summed E-state index contributed by atoms with van der Waals surface area (Å²) in [6.07, 6.45) is 0. The summed E-state index contributed by atoms with van der Waals surface area (Å²) in [6, 6.07) is 26.7. The van der Waals surface area contributed by atoms with Gasteiger partial charge in [-0.25, -0.2) is 0 Å². The Labute approximate surface area is 177 Å². The monoisotopic (exact) mass is 384 g/mol. The van der Waals surface area contributed by atoms with Crippen LogP contribution in [0.3, 0.4) is 0 Å². The Morgan fingerprint density at radius 1 is 0.517 bits per heavy atom. The van der Waals surface area contributed by atoms with E-state index in [9.17, 15) is 0 Å². The SMILES string of the molecule is CC.CC.CC.CC1(C)c2ccccc2-c2c1ccc1ccc3ccccc3c21. The van der Waals surface area contributed by atoms with Gasteiger partial charge < -0.3 is 0 Å². The molecule has 4 aromatic carbocycles. The Morgan fingerprint density at radius 3 is 1.79 bits per heavy atom. The van der Waals surface area contributed by atoms with Crippen molar-refractivity contribution in [2.45, 2.75) is 60.8 Å². The second-order valence-electron chi connectivity index (χ2n) is 7.04. The minimum atomic E-state index is 0.0665. The quantitative estimate of drug-likeness (QED) is 0.265. The fourth-order valence-electron chi connectivity index (χ4n) is 4.29. The number of fused-ring (bicyclic) bond motifs is 7. The van der Waals surface area contributed by atoms with Crippen LogP contribution in [0.4, 0.5) is 0 Å². The van der Waals surface area contributed by atoms with Crippen molar-refractivity contribution in [2.24, 2.45) is 0 Å². The van der Waals surface area contributed by atoms with E-state index in [1.165, 1.54) is 43.8 Å². The standard InChI is InChI=1S/C23H18.3C2H6/c1-23(2)19-10-6-5-9-18(19)22-20(23)14-13-16-12-11-15-7-3-4-8-17(15)21(16)22;3*1-2/h3-14H,1-2H3;3*1-2H3. The largest absolute Gasteiger partial charge is 0.0683 e. The summed E-state index contributed by atoms with van der Waals surface area (Å²) in [7, 11) is 0. The zero-order chi connectivity index (χ0) is 21.6. The summed E-state index contributed by atoms with van der Waals surface area (Å²) in [5.74, 6) is 0. The predicted octanol–water partition coefficient (Wildman–Crippen LogP) is 9.38. The van der Waals surface area contributed by atoms with Gasteiger partial charge in [0.1, 0.15) is 0 Å². The van der Waals surface area contributed by atoms with Crippen LogP contribution in [-0.2, 0) is 5.41 Å². The van der Waals surface area contributed by atoms with E-state index in [1.54, 1.807) is 0 Å². The highest BCUT2D eigenvalue weighted by Gasteiger charge is 2.36. The van der Waals surface area contributed by atoms with Crippen molar-refractivity contribution in [1.82, 2.24) is 0 Å². The van der Waals surface area contributed by atoms with Crippen molar-refractivity contribution in [3.05, 3.63) is 83.9 Å². The fraction of sp³-hybridized carbons (Fsp3) is 0.310. The van der Waals surface area contributed by atoms with Gasteiger partial charge in [-0.05, 0) is 43.8 Å². The first-order valence-electron chi connectivity index (χ1n) is 11.2. The van der Waals surface area contributed by atoms with E-state index >= 15 is 0 Å². The Morgan fingerprint density at radius 2 is 1.07 bits per heavy atom. The van der Waals surface area contributed by atoms with E-state index < -0.39 is 0 Å².